The molecule has 98 valence electrons. The number of pyridine rings is 1. The number of aromatic nitrogens is 1. The molecular formula is C15H11N3O2. The van der Waals surface area contributed by atoms with E-state index in [0.29, 0.717) is 17.1 Å². The van der Waals surface area contributed by atoms with E-state index >= 15 is 0 Å². The topological polar surface area (TPSA) is 62.6 Å². The van der Waals surface area contributed by atoms with Crippen molar-refractivity contribution in [3.8, 4) is 0 Å². The molecule has 0 bridgehead atoms. The van der Waals surface area contributed by atoms with Gasteiger partial charge in [0, 0.05) is 18.7 Å². The van der Waals surface area contributed by atoms with Crippen LogP contribution >= 0.6 is 0 Å². The van der Waals surface area contributed by atoms with Crippen LogP contribution in [0, 0.1) is 0 Å². The molecule has 2 heterocycles. The number of nitrogens with zero attached hydrogens (tertiary/aromatic N) is 3. The molecule has 0 atom stereocenters. The smallest absolute Gasteiger partial charge is 0.274 e. The number of carbonyl (C=O) groups is 2. The Morgan fingerprint density at radius 3 is 2.60 bits per heavy atom. The molecule has 0 saturated carbocycles. The molecule has 20 heavy (non-hydrogen) atoms. The number of imide groups is 1. The molecule has 5 heteroatoms. The quantitative estimate of drug-likeness (QED) is 0.793. The zero-order chi connectivity index (χ0) is 14.1. The van der Waals surface area contributed by atoms with Crippen molar-refractivity contribution >= 4 is 29.0 Å². The molecule has 0 radical (unpaired) electrons. The van der Waals surface area contributed by atoms with E-state index in [9.17, 15) is 9.59 Å². The van der Waals surface area contributed by atoms with Crippen LogP contribution in [-0.2, 0) is 9.59 Å². The molecule has 0 aliphatic carbocycles. The van der Waals surface area contributed by atoms with Crippen molar-refractivity contribution in [3.05, 3.63) is 54.2 Å². The number of rotatable bonds is 1. The Labute approximate surface area is 115 Å². The predicted molar refractivity (Wildman–Crippen MR) is 75.0 cm³/mol. The zero-order valence-electron chi connectivity index (χ0n) is 10.8. The van der Waals surface area contributed by atoms with Gasteiger partial charge in [-0.25, -0.2) is 14.9 Å². The van der Waals surface area contributed by atoms with E-state index in [4.69, 9.17) is 0 Å². The summed E-state index contributed by atoms with van der Waals surface area (Å²) < 4.78 is 0. The third-order valence-electron chi connectivity index (χ3n) is 3.00. The van der Waals surface area contributed by atoms with Crippen molar-refractivity contribution in [1.82, 2.24) is 4.98 Å². The van der Waals surface area contributed by atoms with E-state index in [-0.39, 0.29) is 11.6 Å². The van der Waals surface area contributed by atoms with Gasteiger partial charge in [-0.3, -0.25) is 9.59 Å². The fourth-order valence-corrected chi connectivity index (χ4v) is 2.15. The molecule has 1 aliphatic rings. The third kappa shape index (κ3) is 1.89. The number of hydrogen-bond acceptors (Lipinski definition) is 4. The molecule has 0 unspecified atom stereocenters. The summed E-state index contributed by atoms with van der Waals surface area (Å²) in [7, 11) is 0. The minimum absolute atomic E-state index is 0.245. The average Bonchev–Trinajstić information content (AvgIpc) is 2.73. The lowest BCUT2D eigenvalue weighted by Gasteiger charge is -2.10. The Bertz CT molecular complexity index is 723. The van der Waals surface area contributed by atoms with Gasteiger partial charge in [0.25, 0.3) is 5.91 Å². The summed E-state index contributed by atoms with van der Waals surface area (Å²) in [4.78, 5) is 33.5. The van der Waals surface area contributed by atoms with Gasteiger partial charge in [-0.15, -0.1) is 0 Å². The van der Waals surface area contributed by atoms with Crippen molar-refractivity contribution in [3.63, 3.8) is 0 Å². The van der Waals surface area contributed by atoms with E-state index in [1.54, 1.807) is 42.6 Å². The van der Waals surface area contributed by atoms with Crippen LogP contribution in [0.5, 0.6) is 0 Å². The maximum atomic E-state index is 12.4. The number of hydrogen-bond donors (Lipinski definition) is 0. The minimum atomic E-state index is -0.413. The lowest BCUT2D eigenvalue weighted by molar-refractivity contribution is -0.121. The molecule has 0 spiro atoms. The summed E-state index contributed by atoms with van der Waals surface area (Å²) in [6, 6.07) is 12.4. The van der Waals surface area contributed by atoms with Gasteiger partial charge in [-0.1, -0.05) is 24.3 Å². The number of para-hydroxylation sites is 1. The molecule has 1 aromatic carbocycles. The highest BCUT2D eigenvalue weighted by molar-refractivity contribution is 6.58. The number of fused-ring (bicyclic) bond motifs is 1. The summed E-state index contributed by atoms with van der Waals surface area (Å²) in [6.07, 6.45) is 1.60. The predicted octanol–water partition coefficient (Wildman–Crippen LogP) is 2.10. The van der Waals surface area contributed by atoms with E-state index in [1.807, 2.05) is 6.07 Å². The van der Waals surface area contributed by atoms with Gasteiger partial charge in [0.15, 0.2) is 5.82 Å². The summed E-state index contributed by atoms with van der Waals surface area (Å²) in [5, 5.41) is 0. The Morgan fingerprint density at radius 2 is 1.90 bits per heavy atom. The van der Waals surface area contributed by atoms with Crippen molar-refractivity contribution < 1.29 is 9.59 Å². The van der Waals surface area contributed by atoms with Crippen LogP contribution in [0.1, 0.15) is 12.5 Å². The van der Waals surface area contributed by atoms with Crippen LogP contribution in [0.15, 0.2) is 53.7 Å². The summed E-state index contributed by atoms with van der Waals surface area (Å²) in [5.41, 5.74) is 1.47. The Morgan fingerprint density at radius 1 is 1.15 bits per heavy atom. The average molecular weight is 265 g/mol. The molecular weight excluding hydrogens is 254 g/mol. The van der Waals surface area contributed by atoms with Crippen LogP contribution in [0.2, 0.25) is 0 Å². The van der Waals surface area contributed by atoms with Crippen LogP contribution in [0.3, 0.4) is 0 Å². The van der Waals surface area contributed by atoms with Crippen molar-refractivity contribution in [2.45, 2.75) is 6.92 Å². The van der Waals surface area contributed by atoms with Gasteiger partial charge in [0.2, 0.25) is 5.91 Å². The molecule has 0 fully saturated rings. The highest BCUT2D eigenvalue weighted by Gasteiger charge is 2.36. The van der Waals surface area contributed by atoms with Crippen molar-refractivity contribution in [2.75, 3.05) is 4.90 Å². The standard InChI is InChI=1S/C15H11N3O2/c1-10(19)18-12-7-3-2-6-11(12)14(15(18)20)17-13-8-4-5-9-16-13/h2-9H,1H3/b17-14-. The first-order chi connectivity index (χ1) is 9.68. The van der Waals surface area contributed by atoms with E-state index in [1.165, 1.54) is 6.92 Å². The molecule has 0 saturated heterocycles. The number of amides is 2. The highest BCUT2D eigenvalue weighted by atomic mass is 16.2. The minimum Gasteiger partial charge on any atom is -0.274 e. The molecule has 1 aliphatic heterocycles. The van der Waals surface area contributed by atoms with E-state index < -0.39 is 5.91 Å². The first kappa shape index (κ1) is 12.2. The Balaban J connectivity index is 2.16. The molecule has 5 nitrogen and oxygen atoms in total. The summed E-state index contributed by atoms with van der Waals surface area (Å²) >= 11 is 0. The van der Waals surface area contributed by atoms with Crippen LogP contribution < -0.4 is 4.90 Å². The van der Waals surface area contributed by atoms with Crippen molar-refractivity contribution in [2.24, 2.45) is 4.99 Å². The number of carbonyl (C=O) groups excluding carboxylic acids is 2. The van der Waals surface area contributed by atoms with Gasteiger partial charge < -0.3 is 0 Å². The second kappa shape index (κ2) is 4.70. The first-order valence-corrected chi connectivity index (χ1v) is 6.12. The first-order valence-electron chi connectivity index (χ1n) is 6.12. The molecule has 2 amide bonds. The van der Waals surface area contributed by atoms with Gasteiger partial charge in [-0.05, 0) is 18.2 Å². The number of aliphatic imine (C=N–C) groups is 1. The van der Waals surface area contributed by atoms with Gasteiger partial charge >= 0.3 is 0 Å². The molecule has 0 N–H and O–H groups in total. The molecule has 1 aromatic heterocycles. The second-order valence-electron chi connectivity index (χ2n) is 4.33. The van der Waals surface area contributed by atoms with Crippen LogP contribution in [0.25, 0.3) is 0 Å². The van der Waals surface area contributed by atoms with E-state index in [0.717, 1.165) is 4.90 Å². The van der Waals surface area contributed by atoms with Crippen molar-refractivity contribution in [1.29, 1.82) is 0 Å². The third-order valence-corrected chi connectivity index (χ3v) is 3.00. The number of benzene rings is 1. The van der Waals surface area contributed by atoms with Gasteiger partial charge in [0.1, 0.15) is 5.71 Å². The van der Waals surface area contributed by atoms with E-state index in [2.05, 4.69) is 9.98 Å². The number of anilines is 1. The van der Waals surface area contributed by atoms with Gasteiger partial charge in [-0.2, -0.15) is 0 Å². The zero-order valence-corrected chi connectivity index (χ0v) is 10.8. The molecule has 3 rings (SSSR count). The summed E-state index contributed by atoms with van der Waals surface area (Å²) in [6.45, 7) is 1.36. The lowest BCUT2D eigenvalue weighted by Crippen LogP contribution is -2.34. The Hall–Kier alpha value is -2.82. The maximum absolute atomic E-state index is 12.4. The summed E-state index contributed by atoms with van der Waals surface area (Å²) in [5.74, 6) is -0.297. The lowest BCUT2D eigenvalue weighted by atomic mass is 10.1. The second-order valence-corrected chi connectivity index (χ2v) is 4.33. The van der Waals surface area contributed by atoms with Crippen LogP contribution in [-0.4, -0.2) is 22.5 Å². The SMILES string of the molecule is CC(=O)N1C(=O)/C(=N\c2ccccn2)c2ccccc21. The highest BCUT2D eigenvalue weighted by Crippen LogP contribution is 2.30. The normalized spacial score (nSPS) is 15.6. The Kier molecular flexibility index (Phi) is 2.87. The van der Waals surface area contributed by atoms with Crippen LogP contribution in [0.4, 0.5) is 11.5 Å². The largest absolute Gasteiger partial charge is 0.284 e. The maximum Gasteiger partial charge on any atom is 0.284 e. The molecule has 2 aromatic rings. The monoisotopic (exact) mass is 265 g/mol. The fraction of sp³-hybridized carbons (Fsp3) is 0.0667. The fourth-order valence-electron chi connectivity index (χ4n) is 2.15. The van der Waals surface area contributed by atoms with Gasteiger partial charge in [0.05, 0.1) is 5.69 Å².